The smallest absolute Gasteiger partial charge is 0.318 e. The minimum Gasteiger partial charge on any atom is -0.459 e. The van der Waals surface area contributed by atoms with E-state index in [1.807, 2.05) is 0 Å². The van der Waals surface area contributed by atoms with Crippen molar-refractivity contribution >= 4 is 46.5 Å². The van der Waals surface area contributed by atoms with E-state index >= 15 is 0 Å². The summed E-state index contributed by atoms with van der Waals surface area (Å²) in [5.41, 5.74) is 0.687. The Morgan fingerprint density at radius 1 is 1.38 bits per heavy atom. The van der Waals surface area contributed by atoms with Crippen molar-refractivity contribution < 1.29 is 18.3 Å². The Morgan fingerprint density at radius 2 is 2.12 bits per heavy atom. The van der Waals surface area contributed by atoms with Crippen LogP contribution in [0.15, 0.2) is 29.7 Å². The fraction of sp³-hybridized carbons (Fsp3) is 0.200. The maximum Gasteiger partial charge on any atom is 0.318 e. The van der Waals surface area contributed by atoms with Gasteiger partial charge < -0.3 is 10.1 Å². The van der Waals surface area contributed by atoms with E-state index in [9.17, 15) is 13.6 Å². The Labute approximate surface area is 161 Å². The lowest BCUT2D eigenvalue weighted by molar-refractivity contribution is 0.102. The molecule has 1 amide bonds. The minimum atomic E-state index is -0.860. The number of anilines is 1. The van der Waals surface area contributed by atoms with Crippen LogP contribution in [0.1, 0.15) is 23.5 Å². The van der Waals surface area contributed by atoms with Crippen LogP contribution in [0.4, 0.5) is 14.6 Å². The van der Waals surface area contributed by atoms with Crippen LogP contribution in [-0.2, 0) is 0 Å². The Kier molecular flexibility index (Phi) is 7.01. The van der Waals surface area contributed by atoms with E-state index in [1.54, 1.807) is 6.92 Å². The van der Waals surface area contributed by atoms with Gasteiger partial charge in [-0.05, 0) is 37.0 Å². The number of ether oxygens (including phenoxy) is 1. The van der Waals surface area contributed by atoms with Crippen molar-refractivity contribution in [3.63, 3.8) is 0 Å². The maximum absolute atomic E-state index is 13.8. The molecule has 0 aromatic carbocycles. The molecule has 2 heterocycles. The summed E-state index contributed by atoms with van der Waals surface area (Å²) < 4.78 is 35.5. The first-order chi connectivity index (χ1) is 12.3. The van der Waals surface area contributed by atoms with Gasteiger partial charge in [-0.15, -0.1) is 0 Å². The molecule has 2 rings (SSSR count). The van der Waals surface area contributed by atoms with Crippen molar-refractivity contribution in [2.24, 2.45) is 0 Å². The van der Waals surface area contributed by atoms with Crippen molar-refractivity contribution in [3.8, 4) is 6.01 Å². The third-order valence-corrected chi connectivity index (χ3v) is 4.58. The van der Waals surface area contributed by atoms with Crippen LogP contribution in [0.5, 0.6) is 6.01 Å². The van der Waals surface area contributed by atoms with Gasteiger partial charge >= 0.3 is 6.01 Å². The van der Waals surface area contributed by atoms with Gasteiger partial charge in [0.05, 0.1) is 12.0 Å². The van der Waals surface area contributed by atoms with Crippen LogP contribution < -0.4 is 10.1 Å². The second kappa shape index (κ2) is 9.02. The Bertz CT molecular complexity index is 883. The number of aromatic nitrogens is 3. The van der Waals surface area contributed by atoms with E-state index < -0.39 is 11.7 Å². The van der Waals surface area contributed by atoms with Crippen molar-refractivity contribution in [1.29, 1.82) is 0 Å². The lowest BCUT2D eigenvalue weighted by Gasteiger charge is -2.08. The molecule has 2 aromatic heterocycles. The molecule has 0 fully saturated rings. The zero-order valence-electron chi connectivity index (χ0n) is 13.5. The minimum absolute atomic E-state index is 0.0179. The monoisotopic (exact) mass is 420 g/mol. The Balaban J connectivity index is 2.09. The first kappa shape index (κ1) is 20.2. The van der Waals surface area contributed by atoms with Crippen LogP contribution in [0.3, 0.4) is 0 Å². The molecule has 0 bridgehead atoms. The number of nitrogens with zero attached hydrogens (tertiary/aromatic N) is 3. The number of halogens is 4. The lowest BCUT2D eigenvalue weighted by Crippen LogP contribution is -2.14. The quantitative estimate of drug-likeness (QED) is 0.677. The first-order valence-electron chi connectivity index (χ1n) is 7.05. The highest BCUT2D eigenvalue weighted by atomic mass is 35.5. The molecule has 0 saturated carbocycles. The van der Waals surface area contributed by atoms with E-state index in [1.165, 1.54) is 19.1 Å². The van der Waals surface area contributed by atoms with Crippen LogP contribution >= 0.6 is 34.7 Å². The predicted molar refractivity (Wildman–Crippen MR) is 96.2 cm³/mol. The second-order valence-electron chi connectivity index (χ2n) is 4.97. The van der Waals surface area contributed by atoms with Gasteiger partial charge in [-0.1, -0.05) is 29.3 Å². The molecule has 6 nitrogen and oxygen atoms in total. The van der Waals surface area contributed by atoms with Gasteiger partial charge in [-0.3, -0.25) is 4.79 Å². The molecule has 0 saturated heterocycles. The summed E-state index contributed by atoms with van der Waals surface area (Å²) in [4.78, 5) is 19.6. The third-order valence-electron chi connectivity index (χ3n) is 2.78. The molecule has 0 unspecified atom stereocenters. The molecule has 11 heteroatoms. The van der Waals surface area contributed by atoms with E-state index in [4.69, 9.17) is 27.9 Å². The number of rotatable bonds is 6. The summed E-state index contributed by atoms with van der Waals surface area (Å²) in [7, 11) is 0. The molecule has 138 valence electrons. The number of amides is 1. The molecule has 0 aliphatic heterocycles. The Morgan fingerprint density at radius 3 is 2.73 bits per heavy atom. The second-order valence-corrected chi connectivity index (χ2v) is 6.48. The molecule has 0 spiro atoms. The molecular weight excluding hydrogens is 409 g/mol. The van der Waals surface area contributed by atoms with Crippen molar-refractivity contribution in [1.82, 2.24) is 14.3 Å². The maximum atomic E-state index is 13.8. The highest BCUT2D eigenvalue weighted by Crippen LogP contribution is 2.29. The van der Waals surface area contributed by atoms with Gasteiger partial charge in [0.15, 0.2) is 16.8 Å². The number of hydrogen-bond acceptors (Lipinski definition) is 6. The normalized spacial score (nSPS) is 12.2. The number of nitrogens with one attached hydrogen (secondary N) is 1. The van der Waals surface area contributed by atoms with Gasteiger partial charge in [0, 0.05) is 0 Å². The van der Waals surface area contributed by atoms with Crippen molar-refractivity contribution in [3.05, 3.63) is 50.6 Å². The largest absolute Gasteiger partial charge is 0.459 e. The number of hydrogen-bond donors (Lipinski definition) is 1. The highest BCUT2D eigenvalue weighted by molar-refractivity contribution is 7.09. The summed E-state index contributed by atoms with van der Waals surface area (Å²) in [6.07, 6.45) is 3.65. The molecule has 26 heavy (non-hydrogen) atoms. The molecule has 1 N–H and O–H groups in total. The molecule has 0 aliphatic carbocycles. The van der Waals surface area contributed by atoms with Gasteiger partial charge in [0.1, 0.15) is 16.5 Å². The summed E-state index contributed by atoms with van der Waals surface area (Å²) in [6.45, 7) is 3.07. The van der Waals surface area contributed by atoms with Gasteiger partial charge in [0.25, 0.3) is 5.91 Å². The summed E-state index contributed by atoms with van der Waals surface area (Å²) in [6, 6.07) is -0.163. The fourth-order valence-electron chi connectivity index (χ4n) is 1.56. The van der Waals surface area contributed by atoms with E-state index in [0.717, 1.165) is 17.7 Å². The zero-order chi connectivity index (χ0) is 19.3. The zero-order valence-corrected chi connectivity index (χ0v) is 15.8. The third kappa shape index (κ3) is 5.45. The average Bonchev–Trinajstić information content (AvgIpc) is 2.93. The fourth-order valence-corrected chi connectivity index (χ4v) is 2.67. The van der Waals surface area contributed by atoms with Gasteiger partial charge in [-0.25, -0.2) is 13.8 Å². The standard InChI is InChI=1S/C15H12Cl2F2N4O2S/c1-7(3-4-8(2)18)6-25-15-20-5-9(19)13(22-15)21-14(24)11-10(16)12(17)23-26-11/h3-5H,6H2,1-2H3,(H,20,21,22,24)/b7-3+,8-4+. The molecule has 0 aliphatic rings. The lowest BCUT2D eigenvalue weighted by atomic mass is 10.3. The van der Waals surface area contributed by atoms with Crippen molar-refractivity contribution in [2.75, 3.05) is 11.9 Å². The summed E-state index contributed by atoms with van der Waals surface area (Å²) in [5.74, 6) is -2.32. The molecule has 0 atom stereocenters. The van der Waals surface area contributed by atoms with Crippen LogP contribution in [0.2, 0.25) is 10.2 Å². The SMILES string of the molecule is C/C(F)=C\C=C(/C)COc1ncc(F)c(NC(=O)c2snc(Cl)c2Cl)n1. The van der Waals surface area contributed by atoms with E-state index in [-0.39, 0.29) is 39.3 Å². The first-order valence-corrected chi connectivity index (χ1v) is 8.57. The van der Waals surface area contributed by atoms with E-state index in [2.05, 4.69) is 19.7 Å². The molecule has 0 radical (unpaired) electrons. The Hall–Kier alpha value is -2.10. The van der Waals surface area contributed by atoms with Crippen LogP contribution in [0.25, 0.3) is 0 Å². The van der Waals surface area contributed by atoms with E-state index in [0.29, 0.717) is 5.57 Å². The van der Waals surface area contributed by atoms with Gasteiger partial charge in [-0.2, -0.15) is 9.36 Å². The molecule has 2 aromatic rings. The number of carbonyl (C=O) groups is 1. The molecular formula is C15H12Cl2F2N4O2S. The highest BCUT2D eigenvalue weighted by Gasteiger charge is 2.20. The summed E-state index contributed by atoms with van der Waals surface area (Å²) >= 11 is 12.3. The van der Waals surface area contributed by atoms with Crippen LogP contribution in [-0.4, -0.2) is 26.9 Å². The van der Waals surface area contributed by atoms with Gasteiger partial charge in [0.2, 0.25) is 0 Å². The topological polar surface area (TPSA) is 77.0 Å². The van der Waals surface area contributed by atoms with Crippen molar-refractivity contribution in [2.45, 2.75) is 13.8 Å². The number of carbonyl (C=O) groups excluding carboxylic acids is 1. The predicted octanol–water partition coefficient (Wildman–Crippen LogP) is 4.83. The van der Waals surface area contributed by atoms with Crippen LogP contribution in [0, 0.1) is 5.82 Å². The summed E-state index contributed by atoms with van der Waals surface area (Å²) in [5, 5.41) is 2.21. The average molecular weight is 421 g/mol. The number of allylic oxidation sites excluding steroid dienone is 3.